The first-order valence-corrected chi connectivity index (χ1v) is 5.66. The Morgan fingerprint density at radius 2 is 1.83 bits per heavy atom. The van der Waals surface area contributed by atoms with Crippen molar-refractivity contribution in [2.45, 2.75) is 33.2 Å². The number of benzene rings is 1. The summed E-state index contributed by atoms with van der Waals surface area (Å²) in [6.45, 7) is 6.00. The van der Waals surface area contributed by atoms with Crippen LogP contribution in [0.1, 0.15) is 37.6 Å². The molecule has 1 rings (SSSR count). The Bertz CT molecular complexity index is 410. The van der Waals surface area contributed by atoms with Crippen LogP contribution >= 0.6 is 13.5 Å². The molecule has 1 amide bonds. The third kappa shape index (κ3) is 5.04. The summed E-state index contributed by atoms with van der Waals surface area (Å²) >= 11 is 0. The van der Waals surface area contributed by atoms with Gasteiger partial charge in [0.25, 0.3) is 5.91 Å². The Balaban J connectivity index is 0.00000289. The van der Waals surface area contributed by atoms with Gasteiger partial charge in [-0.2, -0.15) is 13.5 Å². The smallest absolute Gasteiger partial charge is 0.251 e. The summed E-state index contributed by atoms with van der Waals surface area (Å²) in [4.78, 5) is 11.7. The zero-order chi connectivity index (χ0) is 13.0. The van der Waals surface area contributed by atoms with Crippen LogP contribution in [0, 0.1) is 17.6 Å². The van der Waals surface area contributed by atoms with Crippen LogP contribution in [-0.4, -0.2) is 11.9 Å². The molecule has 0 saturated carbocycles. The normalized spacial score (nSPS) is 11.9. The minimum Gasteiger partial charge on any atom is -0.350 e. The van der Waals surface area contributed by atoms with Crippen LogP contribution in [0.15, 0.2) is 18.2 Å². The van der Waals surface area contributed by atoms with Crippen molar-refractivity contribution in [2.24, 2.45) is 5.92 Å². The molecule has 1 N–H and O–H groups in total. The Hall–Kier alpha value is -1.10. The largest absolute Gasteiger partial charge is 0.350 e. The van der Waals surface area contributed by atoms with Crippen LogP contribution in [-0.2, 0) is 0 Å². The van der Waals surface area contributed by atoms with Gasteiger partial charge in [0, 0.05) is 11.6 Å². The molecular weight excluding hydrogens is 256 g/mol. The first-order chi connectivity index (χ1) is 7.90. The average molecular weight is 275 g/mol. The lowest BCUT2D eigenvalue weighted by molar-refractivity contribution is 0.0935. The number of carbonyl (C=O) groups is 1. The van der Waals surface area contributed by atoms with Crippen molar-refractivity contribution in [3.63, 3.8) is 0 Å². The van der Waals surface area contributed by atoms with Crippen LogP contribution in [0.25, 0.3) is 0 Å². The predicted molar refractivity (Wildman–Crippen MR) is 73.1 cm³/mol. The van der Waals surface area contributed by atoms with Crippen LogP contribution in [0.5, 0.6) is 0 Å². The van der Waals surface area contributed by atoms with Gasteiger partial charge >= 0.3 is 0 Å². The van der Waals surface area contributed by atoms with Gasteiger partial charge in [0.1, 0.15) is 0 Å². The van der Waals surface area contributed by atoms with Crippen molar-refractivity contribution >= 4 is 19.4 Å². The van der Waals surface area contributed by atoms with Gasteiger partial charge in [0.2, 0.25) is 0 Å². The van der Waals surface area contributed by atoms with E-state index in [0.29, 0.717) is 5.92 Å². The van der Waals surface area contributed by atoms with Crippen molar-refractivity contribution in [3.05, 3.63) is 35.4 Å². The maximum Gasteiger partial charge on any atom is 0.251 e. The first-order valence-electron chi connectivity index (χ1n) is 5.66. The molecule has 0 saturated heterocycles. The molecule has 0 aliphatic heterocycles. The van der Waals surface area contributed by atoms with E-state index in [-0.39, 0.29) is 31.0 Å². The summed E-state index contributed by atoms with van der Waals surface area (Å²) < 4.78 is 25.6. The zero-order valence-electron chi connectivity index (χ0n) is 10.8. The molecule has 1 atom stereocenters. The van der Waals surface area contributed by atoms with Crippen molar-refractivity contribution in [1.82, 2.24) is 5.32 Å². The lowest BCUT2D eigenvalue weighted by atomic mass is 10.0. The van der Waals surface area contributed by atoms with Gasteiger partial charge in [-0.1, -0.05) is 13.8 Å². The van der Waals surface area contributed by atoms with Crippen molar-refractivity contribution in [1.29, 1.82) is 0 Å². The Labute approximate surface area is 113 Å². The molecule has 0 aliphatic rings. The topological polar surface area (TPSA) is 29.1 Å². The van der Waals surface area contributed by atoms with E-state index in [1.165, 1.54) is 6.07 Å². The van der Waals surface area contributed by atoms with E-state index >= 15 is 0 Å². The molecule has 0 bridgehead atoms. The molecule has 1 aromatic rings. The van der Waals surface area contributed by atoms with Crippen molar-refractivity contribution in [2.75, 3.05) is 0 Å². The van der Waals surface area contributed by atoms with Gasteiger partial charge in [0.15, 0.2) is 11.6 Å². The molecule has 102 valence electrons. The molecule has 0 aromatic heterocycles. The Morgan fingerprint density at radius 1 is 1.22 bits per heavy atom. The van der Waals surface area contributed by atoms with E-state index in [0.717, 1.165) is 18.6 Å². The van der Waals surface area contributed by atoms with E-state index in [1.54, 1.807) is 0 Å². The van der Waals surface area contributed by atoms with E-state index in [4.69, 9.17) is 0 Å². The maximum atomic E-state index is 12.9. The van der Waals surface area contributed by atoms with Gasteiger partial charge in [-0.15, -0.1) is 0 Å². The van der Waals surface area contributed by atoms with Crippen LogP contribution < -0.4 is 5.32 Å². The maximum absolute atomic E-state index is 12.9. The van der Waals surface area contributed by atoms with Gasteiger partial charge in [-0.05, 0) is 37.5 Å². The SMILES string of the molecule is CC(C)C[C@H](C)NC(=O)c1ccc(F)c(F)c1.S. The second-order valence-electron chi connectivity index (χ2n) is 4.63. The number of halogens is 2. The fourth-order valence-corrected chi connectivity index (χ4v) is 1.71. The molecule has 0 radical (unpaired) electrons. The fourth-order valence-electron chi connectivity index (χ4n) is 1.71. The molecule has 0 unspecified atom stereocenters. The number of nitrogens with one attached hydrogen (secondary N) is 1. The molecule has 0 aliphatic carbocycles. The molecule has 2 nitrogen and oxygen atoms in total. The van der Waals surface area contributed by atoms with E-state index in [1.807, 2.05) is 6.92 Å². The molecule has 0 heterocycles. The molecular formula is C13H19F2NOS. The first kappa shape index (κ1) is 16.9. The summed E-state index contributed by atoms with van der Waals surface area (Å²) in [5.74, 6) is -1.86. The van der Waals surface area contributed by atoms with Crippen molar-refractivity contribution in [3.8, 4) is 0 Å². The summed E-state index contributed by atoms with van der Waals surface area (Å²) in [7, 11) is 0. The van der Waals surface area contributed by atoms with Gasteiger partial charge in [0.05, 0.1) is 0 Å². The minimum atomic E-state index is -1.01. The minimum absolute atomic E-state index is 0. The van der Waals surface area contributed by atoms with Crippen LogP contribution in [0.2, 0.25) is 0 Å². The molecule has 0 fully saturated rings. The van der Waals surface area contributed by atoms with Crippen molar-refractivity contribution < 1.29 is 13.6 Å². The molecule has 0 spiro atoms. The highest BCUT2D eigenvalue weighted by atomic mass is 32.1. The lowest BCUT2D eigenvalue weighted by Crippen LogP contribution is -2.33. The highest BCUT2D eigenvalue weighted by molar-refractivity contribution is 7.59. The summed E-state index contributed by atoms with van der Waals surface area (Å²) in [5, 5.41) is 2.75. The lowest BCUT2D eigenvalue weighted by Gasteiger charge is -2.15. The zero-order valence-corrected chi connectivity index (χ0v) is 11.8. The standard InChI is InChI=1S/C13H17F2NO.H2S/c1-8(2)6-9(3)16-13(17)10-4-5-11(14)12(15)7-10;/h4-5,7-9H,6H2,1-3H3,(H,16,17);1H2/t9-;/m0./s1. The van der Waals surface area contributed by atoms with Gasteiger partial charge in [-0.3, -0.25) is 4.79 Å². The highest BCUT2D eigenvalue weighted by Crippen LogP contribution is 2.10. The molecule has 18 heavy (non-hydrogen) atoms. The second kappa shape index (κ2) is 7.36. The number of hydrogen-bond donors (Lipinski definition) is 1. The Morgan fingerprint density at radius 3 is 2.33 bits per heavy atom. The van der Waals surface area contributed by atoms with Gasteiger partial charge < -0.3 is 5.32 Å². The monoisotopic (exact) mass is 275 g/mol. The third-order valence-corrected chi connectivity index (χ3v) is 2.38. The number of rotatable bonds is 4. The van der Waals surface area contributed by atoms with Gasteiger partial charge in [-0.25, -0.2) is 8.78 Å². The summed E-state index contributed by atoms with van der Waals surface area (Å²) in [5.41, 5.74) is 0.138. The predicted octanol–water partition coefficient (Wildman–Crippen LogP) is 3.24. The van der Waals surface area contributed by atoms with E-state index in [2.05, 4.69) is 19.2 Å². The molecule has 5 heteroatoms. The number of amides is 1. The summed E-state index contributed by atoms with van der Waals surface area (Å²) in [6, 6.07) is 3.15. The fraction of sp³-hybridized carbons (Fsp3) is 0.462. The number of hydrogen-bond acceptors (Lipinski definition) is 1. The average Bonchev–Trinajstić information content (AvgIpc) is 2.20. The Kier molecular flexibility index (Phi) is 6.91. The highest BCUT2D eigenvalue weighted by Gasteiger charge is 2.12. The van der Waals surface area contributed by atoms with Crippen LogP contribution in [0.4, 0.5) is 8.78 Å². The third-order valence-electron chi connectivity index (χ3n) is 2.38. The summed E-state index contributed by atoms with van der Waals surface area (Å²) in [6.07, 6.45) is 0.843. The molecule has 1 aromatic carbocycles. The van der Waals surface area contributed by atoms with E-state index < -0.39 is 11.6 Å². The number of carbonyl (C=O) groups excluding carboxylic acids is 1. The second-order valence-corrected chi connectivity index (χ2v) is 4.63. The van der Waals surface area contributed by atoms with Crippen LogP contribution in [0.3, 0.4) is 0 Å². The quantitative estimate of drug-likeness (QED) is 0.898. The van der Waals surface area contributed by atoms with E-state index in [9.17, 15) is 13.6 Å².